The lowest BCUT2D eigenvalue weighted by Crippen LogP contribution is -2.05. The van der Waals surface area contributed by atoms with Gasteiger partial charge in [-0.2, -0.15) is 0 Å². The molecule has 0 saturated heterocycles. The number of unbranched alkanes of at least 4 members (excludes halogenated alkanes) is 9. The zero-order chi connectivity index (χ0) is 13.7. The Morgan fingerprint density at radius 2 is 1.26 bits per heavy atom. The fourth-order valence-corrected chi connectivity index (χ4v) is 1.93. The van der Waals surface area contributed by atoms with Gasteiger partial charge in [-0.15, -0.1) is 4.33 Å². The zero-order valence-electron chi connectivity index (χ0n) is 12.2. The molecule has 118 valence electrons. The maximum atomic E-state index is 10.0. The number of hydrogen-bond donors (Lipinski definition) is 1. The van der Waals surface area contributed by atoms with Crippen LogP contribution in [0.4, 0.5) is 0 Å². The van der Waals surface area contributed by atoms with Crippen LogP contribution in [0.2, 0.25) is 0 Å². The van der Waals surface area contributed by atoms with Crippen LogP contribution in [0.3, 0.4) is 0 Å². The standard InChI is InChI=1S/C12H26O5S.H3N/c1-2-3-4-5-6-7-8-9-10-11-12-16-17-18(13,14)15;/h2-12H2,1H3,(H,13,14,15);1H3. The maximum absolute atomic E-state index is 10.0. The summed E-state index contributed by atoms with van der Waals surface area (Å²) in [5, 5.41) is 0. The van der Waals surface area contributed by atoms with Gasteiger partial charge in [-0.1, -0.05) is 64.7 Å². The van der Waals surface area contributed by atoms with Gasteiger partial charge in [-0.05, 0) is 6.42 Å². The third-order valence-electron chi connectivity index (χ3n) is 2.71. The van der Waals surface area contributed by atoms with E-state index in [2.05, 4.69) is 16.1 Å². The van der Waals surface area contributed by atoms with E-state index in [1.165, 1.54) is 44.9 Å². The van der Waals surface area contributed by atoms with Crippen LogP contribution in [0.25, 0.3) is 0 Å². The molecule has 0 aromatic carbocycles. The molecule has 0 heterocycles. The Balaban J connectivity index is 0. The summed E-state index contributed by atoms with van der Waals surface area (Å²) in [7, 11) is -4.71. The van der Waals surface area contributed by atoms with Gasteiger partial charge in [0, 0.05) is 0 Å². The topological polar surface area (TPSA) is 112 Å². The number of quaternary nitrogens is 1. The molecule has 0 fully saturated rings. The van der Waals surface area contributed by atoms with Crippen molar-refractivity contribution >= 4 is 10.4 Å². The SMILES string of the molecule is CCCCCCCCCCCCOOS(=O)(=O)[O-].[NH4+]. The average Bonchev–Trinajstić information content (AvgIpc) is 2.29. The normalized spacial score (nSPS) is 11.3. The number of hydrogen-bond acceptors (Lipinski definition) is 5. The van der Waals surface area contributed by atoms with Crippen molar-refractivity contribution in [3.63, 3.8) is 0 Å². The Labute approximate surface area is 117 Å². The first kappa shape index (κ1) is 21.1. The van der Waals surface area contributed by atoms with Crippen LogP contribution in [0.1, 0.15) is 71.1 Å². The van der Waals surface area contributed by atoms with Crippen LogP contribution in [-0.4, -0.2) is 19.6 Å². The second-order valence-electron chi connectivity index (χ2n) is 4.48. The van der Waals surface area contributed by atoms with Crippen molar-refractivity contribution in [2.75, 3.05) is 6.61 Å². The van der Waals surface area contributed by atoms with E-state index >= 15 is 0 Å². The Hall–Kier alpha value is -0.210. The molecule has 0 aliphatic heterocycles. The van der Waals surface area contributed by atoms with Crippen molar-refractivity contribution in [2.24, 2.45) is 0 Å². The summed E-state index contributed by atoms with van der Waals surface area (Å²) < 4.78 is 33.7. The molecule has 0 amide bonds. The van der Waals surface area contributed by atoms with E-state index in [-0.39, 0.29) is 12.8 Å². The minimum absolute atomic E-state index is 0. The molecule has 4 N–H and O–H groups in total. The van der Waals surface area contributed by atoms with Crippen molar-refractivity contribution in [3.8, 4) is 0 Å². The van der Waals surface area contributed by atoms with Crippen LogP contribution in [-0.2, 0) is 19.6 Å². The lowest BCUT2D eigenvalue weighted by molar-refractivity contribution is -0.209. The predicted molar refractivity (Wildman–Crippen MR) is 74.6 cm³/mol. The van der Waals surface area contributed by atoms with Gasteiger partial charge in [-0.3, -0.25) is 0 Å². The highest BCUT2D eigenvalue weighted by atomic mass is 32.3. The lowest BCUT2D eigenvalue weighted by Gasteiger charge is -2.06. The van der Waals surface area contributed by atoms with Gasteiger partial charge in [0.05, 0.1) is 6.61 Å². The summed E-state index contributed by atoms with van der Waals surface area (Å²) >= 11 is 0. The van der Waals surface area contributed by atoms with E-state index in [1.54, 1.807) is 0 Å². The van der Waals surface area contributed by atoms with Gasteiger partial charge in [0.2, 0.25) is 10.4 Å². The van der Waals surface area contributed by atoms with Gasteiger partial charge < -0.3 is 10.7 Å². The highest BCUT2D eigenvalue weighted by molar-refractivity contribution is 7.80. The van der Waals surface area contributed by atoms with Crippen molar-refractivity contribution in [1.29, 1.82) is 0 Å². The Morgan fingerprint density at radius 3 is 1.68 bits per heavy atom. The highest BCUT2D eigenvalue weighted by Crippen LogP contribution is 2.10. The van der Waals surface area contributed by atoms with Crippen molar-refractivity contribution in [3.05, 3.63) is 0 Å². The molecular formula is C12H29NO5S. The highest BCUT2D eigenvalue weighted by Gasteiger charge is 1.96. The third-order valence-corrected chi connectivity index (χ3v) is 2.98. The Morgan fingerprint density at radius 1 is 0.842 bits per heavy atom. The fraction of sp³-hybridized carbons (Fsp3) is 1.00. The molecule has 0 bridgehead atoms. The van der Waals surface area contributed by atoms with E-state index in [1.807, 2.05) is 0 Å². The van der Waals surface area contributed by atoms with Crippen LogP contribution in [0, 0.1) is 0 Å². The first-order valence-corrected chi connectivity index (χ1v) is 8.16. The third kappa shape index (κ3) is 20.3. The zero-order valence-corrected chi connectivity index (χ0v) is 13.0. The quantitative estimate of drug-likeness (QED) is 0.183. The molecule has 7 heteroatoms. The van der Waals surface area contributed by atoms with Crippen LogP contribution in [0.15, 0.2) is 0 Å². The first-order chi connectivity index (χ1) is 8.56. The summed E-state index contributed by atoms with van der Waals surface area (Å²) in [5.41, 5.74) is 0. The molecule has 0 atom stereocenters. The average molecular weight is 299 g/mol. The van der Waals surface area contributed by atoms with Gasteiger partial charge in [-0.25, -0.2) is 13.3 Å². The molecule has 19 heavy (non-hydrogen) atoms. The van der Waals surface area contributed by atoms with Gasteiger partial charge in [0.15, 0.2) is 0 Å². The molecule has 6 nitrogen and oxygen atoms in total. The van der Waals surface area contributed by atoms with E-state index in [0.29, 0.717) is 6.42 Å². The summed E-state index contributed by atoms with van der Waals surface area (Å²) in [5.74, 6) is 0. The van der Waals surface area contributed by atoms with E-state index in [4.69, 9.17) is 0 Å². The maximum Gasteiger partial charge on any atom is 0.245 e. The number of rotatable bonds is 13. The molecule has 0 aromatic heterocycles. The minimum Gasteiger partial charge on any atom is -0.724 e. The Bertz CT molecular complexity index is 269. The minimum atomic E-state index is -4.71. The van der Waals surface area contributed by atoms with E-state index in [0.717, 1.165) is 12.8 Å². The molecule has 0 unspecified atom stereocenters. The summed E-state index contributed by atoms with van der Waals surface area (Å²) in [6.45, 7) is 2.36. The lowest BCUT2D eigenvalue weighted by atomic mass is 10.1. The monoisotopic (exact) mass is 299 g/mol. The smallest absolute Gasteiger partial charge is 0.245 e. The molecule has 0 aliphatic carbocycles. The molecule has 0 aliphatic rings. The summed E-state index contributed by atoms with van der Waals surface area (Å²) in [6, 6.07) is 0. The molecule has 0 spiro atoms. The van der Waals surface area contributed by atoms with Crippen LogP contribution in [0.5, 0.6) is 0 Å². The van der Waals surface area contributed by atoms with Crippen LogP contribution < -0.4 is 6.15 Å². The van der Waals surface area contributed by atoms with Gasteiger partial charge in [0.1, 0.15) is 0 Å². The second-order valence-corrected chi connectivity index (χ2v) is 5.43. The largest absolute Gasteiger partial charge is 0.724 e. The molecule has 0 rings (SSSR count). The second kappa shape index (κ2) is 14.2. The molecule has 0 saturated carbocycles. The van der Waals surface area contributed by atoms with Crippen LogP contribution >= 0.6 is 0 Å². The fourth-order valence-electron chi connectivity index (χ4n) is 1.74. The Kier molecular flexibility index (Phi) is 15.8. The molecular weight excluding hydrogens is 270 g/mol. The van der Waals surface area contributed by atoms with Crippen molar-refractivity contribution in [2.45, 2.75) is 71.1 Å². The predicted octanol–water partition coefficient (Wildman–Crippen LogP) is 3.69. The first-order valence-electron chi connectivity index (χ1n) is 6.83. The summed E-state index contributed by atoms with van der Waals surface area (Å²) in [6.07, 6.45) is 11.8. The summed E-state index contributed by atoms with van der Waals surface area (Å²) in [4.78, 5) is 4.27. The van der Waals surface area contributed by atoms with E-state index in [9.17, 15) is 13.0 Å². The van der Waals surface area contributed by atoms with E-state index < -0.39 is 10.4 Å². The molecule has 0 radical (unpaired) electrons. The van der Waals surface area contributed by atoms with Crippen molar-refractivity contribution in [1.82, 2.24) is 6.15 Å². The van der Waals surface area contributed by atoms with Crippen molar-refractivity contribution < 1.29 is 22.2 Å². The van der Waals surface area contributed by atoms with Gasteiger partial charge >= 0.3 is 0 Å². The molecule has 0 aromatic rings. The van der Waals surface area contributed by atoms with Gasteiger partial charge in [0.25, 0.3) is 0 Å².